The number of ether oxygens (including phenoxy) is 1. The van der Waals surface area contributed by atoms with Crippen LogP contribution < -0.4 is 0 Å². The van der Waals surface area contributed by atoms with Gasteiger partial charge in [-0.2, -0.15) is 0 Å². The highest BCUT2D eigenvalue weighted by Gasteiger charge is 2.23. The molecule has 0 aliphatic carbocycles. The SMILES string of the molecule is CCOC(=O)C(=O)c1cc(C(C)C)cc(Cl)c1O. The summed E-state index contributed by atoms with van der Waals surface area (Å²) >= 11 is 5.83. The van der Waals surface area contributed by atoms with E-state index in [9.17, 15) is 14.7 Å². The summed E-state index contributed by atoms with van der Waals surface area (Å²) in [5.41, 5.74) is 0.648. The molecule has 5 heteroatoms. The van der Waals surface area contributed by atoms with Crippen LogP contribution in [0.2, 0.25) is 5.02 Å². The molecule has 0 heterocycles. The Balaban J connectivity index is 3.23. The summed E-state index contributed by atoms with van der Waals surface area (Å²) in [4.78, 5) is 23.2. The van der Waals surface area contributed by atoms with Crippen LogP contribution in [0.25, 0.3) is 0 Å². The quantitative estimate of drug-likeness (QED) is 0.519. The first-order chi connectivity index (χ1) is 8.38. The number of phenolic OH excluding ortho intramolecular Hbond substituents is 1. The summed E-state index contributed by atoms with van der Waals surface area (Å²) in [5.74, 6) is -2.15. The summed E-state index contributed by atoms with van der Waals surface area (Å²) in [5, 5.41) is 9.78. The van der Waals surface area contributed by atoms with E-state index in [0.717, 1.165) is 5.56 Å². The van der Waals surface area contributed by atoms with E-state index in [1.165, 1.54) is 6.07 Å². The molecular formula is C13H15ClO4. The summed E-state index contributed by atoms with van der Waals surface area (Å²) < 4.78 is 4.61. The van der Waals surface area contributed by atoms with Gasteiger partial charge in [-0.1, -0.05) is 25.4 Å². The summed E-state index contributed by atoms with van der Waals surface area (Å²) in [6, 6.07) is 3.04. The Morgan fingerprint density at radius 3 is 2.50 bits per heavy atom. The van der Waals surface area contributed by atoms with Crippen LogP contribution >= 0.6 is 11.6 Å². The lowest BCUT2D eigenvalue weighted by molar-refractivity contribution is -0.137. The van der Waals surface area contributed by atoms with Gasteiger partial charge >= 0.3 is 5.97 Å². The minimum absolute atomic E-state index is 0.0499. The third-order valence-corrected chi connectivity index (χ3v) is 2.75. The first-order valence-electron chi connectivity index (χ1n) is 5.62. The van der Waals surface area contributed by atoms with E-state index in [-0.39, 0.29) is 28.9 Å². The van der Waals surface area contributed by atoms with Crippen molar-refractivity contribution in [2.75, 3.05) is 6.61 Å². The number of Topliss-reactive ketones (excluding diaryl/α,β-unsaturated/α-hetero) is 1. The fourth-order valence-electron chi connectivity index (χ4n) is 1.43. The third-order valence-electron chi connectivity index (χ3n) is 2.46. The van der Waals surface area contributed by atoms with Crippen LogP contribution in [0.1, 0.15) is 42.6 Å². The molecule has 0 saturated carbocycles. The van der Waals surface area contributed by atoms with Gasteiger partial charge in [-0.05, 0) is 30.5 Å². The number of benzene rings is 1. The van der Waals surface area contributed by atoms with E-state index in [1.54, 1.807) is 13.0 Å². The van der Waals surface area contributed by atoms with E-state index >= 15 is 0 Å². The average molecular weight is 271 g/mol. The fraction of sp³-hybridized carbons (Fsp3) is 0.385. The van der Waals surface area contributed by atoms with Crippen LogP contribution in [0.5, 0.6) is 5.75 Å². The van der Waals surface area contributed by atoms with Crippen LogP contribution in [0.15, 0.2) is 12.1 Å². The van der Waals surface area contributed by atoms with Gasteiger partial charge < -0.3 is 9.84 Å². The highest BCUT2D eigenvalue weighted by Crippen LogP contribution is 2.32. The zero-order valence-electron chi connectivity index (χ0n) is 10.5. The summed E-state index contributed by atoms with van der Waals surface area (Å²) in [7, 11) is 0. The second kappa shape index (κ2) is 5.87. The molecular weight excluding hydrogens is 256 g/mol. The number of carbonyl (C=O) groups is 2. The summed E-state index contributed by atoms with van der Waals surface area (Å²) in [6.07, 6.45) is 0. The Kier molecular flexibility index (Phi) is 4.73. The second-order valence-corrected chi connectivity index (χ2v) is 4.51. The Bertz CT molecular complexity index is 480. The molecule has 1 N–H and O–H groups in total. The Labute approximate surface area is 111 Å². The van der Waals surface area contributed by atoms with Crippen molar-refractivity contribution in [3.63, 3.8) is 0 Å². The number of aromatic hydroxyl groups is 1. The normalized spacial score (nSPS) is 10.5. The van der Waals surface area contributed by atoms with Crippen LogP contribution in [0.3, 0.4) is 0 Å². The van der Waals surface area contributed by atoms with Crippen molar-refractivity contribution in [2.45, 2.75) is 26.7 Å². The molecule has 0 amide bonds. The van der Waals surface area contributed by atoms with Crippen molar-refractivity contribution >= 4 is 23.4 Å². The van der Waals surface area contributed by atoms with Crippen LogP contribution in [-0.4, -0.2) is 23.5 Å². The van der Waals surface area contributed by atoms with Gasteiger partial charge in [0.1, 0.15) is 5.75 Å². The average Bonchev–Trinajstić information content (AvgIpc) is 2.31. The van der Waals surface area contributed by atoms with Crippen molar-refractivity contribution in [2.24, 2.45) is 0 Å². The molecule has 0 fully saturated rings. The predicted octanol–water partition coefficient (Wildman–Crippen LogP) is 2.91. The molecule has 0 atom stereocenters. The van der Waals surface area contributed by atoms with Gasteiger partial charge in [0.15, 0.2) is 0 Å². The number of esters is 1. The zero-order chi connectivity index (χ0) is 13.9. The molecule has 1 rings (SSSR count). The van der Waals surface area contributed by atoms with Gasteiger partial charge in [-0.25, -0.2) is 4.79 Å². The molecule has 0 radical (unpaired) electrons. The highest BCUT2D eigenvalue weighted by molar-refractivity contribution is 6.42. The van der Waals surface area contributed by atoms with Crippen molar-refractivity contribution in [3.8, 4) is 5.75 Å². The van der Waals surface area contributed by atoms with Crippen molar-refractivity contribution in [1.82, 2.24) is 0 Å². The minimum atomic E-state index is -0.996. The third kappa shape index (κ3) is 3.01. The number of rotatable bonds is 4. The maximum absolute atomic E-state index is 11.8. The van der Waals surface area contributed by atoms with Crippen LogP contribution in [-0.2, 0) is 9.53 Å². The maximum Gasteiger partial charge on any atom is 0.379 e. The lowest BCUT2D eigenvalue weighted by atomic mass is 9.98. The van der Waals surface area contributed by atoms with E-state index in [1.807, 2.05) is 13.8 Å². The van der Waals surface area contributed by atoms with Gasteiger partial charge in [-0.3, -0.25) is 4.79 Å². The highest BCUT2D eigenvalue weighted by atomic mass is 35.5. The van der Waals surface area contributed by atoms with Gasteiger partial charge in [0.2, 0.25) is 0 Å². The molecule has 0 spiro atoms. The van der Waals surface area contributed by atoms with Crippen LogP contribution in [0.4, 0.5) is 0 Å². The topological polar surface area (TPSA) is 63.6 Å². The number of ketones is 1. The predicted molar refractivity (Wildman–Crippen MR) is 68.2 cm³/mol. The minimum Gasteiger partial charge on any atom is -0.506 e. The first kappa shape index (κ1) is 14.5. The Hall–Kier alpha value is -1.55. The standard InChI is InChI=1S/C13H15ClO4/c1-4-18-13(17)12(16)9-5-8(7(2)3)6-10(14)11(9)15/h5-7,15H,4H2,1-3H3. The molecule has 0 aliphatic rings. The number of halogens is 1. The van der Waals surface area contributed by atoms with E-state index in [2.05, 4.69) is 4.74 Å². The molecule has 0 bridgehead atoms. The number of hydrogen-bond acceptors (Lipinski definition) is 4. The number of phenols is 1. The smallest absolute Gasteiger partial charge is 0.379 e. The van der Waals surface area contributed by atoms with Gasteiger partial charge in [-0.15, -0.1) is 0 Å². The largest absolute Gasteiger partial charge is 0.506 e. The summed E-state index contributed by atoms with van der Waals surface area (Å²) in [6.45, 7) is 5.54. The van der Waals surface area contributed by atoms with Gasteiger partial charge in [0.25, 0.3) is 5.78 Å². The van der Waals surface area contributed by atoms with E-state index in [0.29, 0.717) is 0 Å². The number of hydrogen-bond donors (Lipinski definition) is 1. The lowest BCUT2D eigenvalue weighted by Crippen LogP contribution is -2.18. The lowest BCUT2D eigenvalue weighted by Gasteiger charge is -2.11. The monoisotopic (exact) mass is 270 g/mol. The van der Waals surface area contributed by atoms with Crippen molar-refractivity contribution in [1.29, 1.82) is 0 Å². The molecule has 0 aromatic heterocycles. The molecule has 98 valence electrons. The van der Waals surface area contributed by atoms with Crippen LogP contribution in [0, 0.1) is 0 Å². The molecule has 0 unspecified atom stereocenters. The maximum atomic E-state index is 11.8. The molecule has 1 aromatic carbocycles. The molecule has 4 nitrogen and oxygen atoms in total. The molecule has 18 heavy (non-hydrogen) atoms. The van der Waals surface area contributed by atoms with Crippen molar-refractivity contribution in [3.05, 3.63) is 28.3 Å². The number of carbonyl (C=O) groups excluding carboxylic acids is 2. The first-order valence-corrected chi connectivity index (χ1v) is 6.00. The van der Waals surface area contributed by atoms with Gasteiger partial charge in [0.05, 0.1) is 17.2 Å². The molecule has 1 aromatic rings. The Morgan fingerprint density at radius 1 is 1.39 bits per heavy atom. The second-order valence-electron chi connectivity index (χ2n) is 4.10. The fourth-order valence-corrected chi connectivity index (χ4v) is 1.66. The zero-order valence-corrected chi connectivity index (χ0v) is 11.2. The van der Waals surface area contributed by atoms with E-state index in [4.69, 9.17) is 11.6 Å². The van der Waals surface area contributed by atoms with E-state index < -0.39 is 11.8 Å². The molecule has 0 aliphatic heterocycles. The van der Waals surface area contributed by atoms with Crippen molar-refractivity contribution < 1.29 is 19.4 Å². The Morgan fingerprint density at radius 2 is 2.00 bits per heavy atom. The van der Waals surface area contributed by atoms with Gasteiger partial charge in [0, 0.05) is 0 Å². The molecule has 0 saturated heterocycles.